The lowest BCUT2D eigenvalue weighted by Crippen LogP contribution is -2.44. The van der Waals surface area contributed by atoms with Gasteiger partial charge in [0.15, 0.2) is 0 Å². The van der Waals surface area contributed by atoms with Crippen LogP contribution in [0.1, 0.15) is 57.6 Å². The summed E-state index contributed by atoms with van der Waals surface area (Å²) in [6, 6.07) is 19.2. The standard InChI is InChI=1S/C35H49N3O8/c1-34(2)21-29(20-30(39)43-16-18-45-32(41)37(4)23-27-12-8-6-9-13-27)22-35(3,25-34)26-36-31(40)44-17-19-46-33(42)38(5)24-28-14-10-7-11-15-28/h6-15,29H,16-26H2,1-5H3,(H,36,40). The molecule has 0 heterocycles. The zero-order chi connectivity index (χ0) is 33.6. The molecule has 1 saturated carbocycles. The Morgan fingerprint density at radius 1 is 0.717 bits per heavy atom. The molecule has 0 spiro atoms. The molecule has 3 amide bonds. The van der Waals surface area contributed by atoms with Gasteiger partial charge in [0, 0.05) is 40.2 Å². The molecule has 0 saturated heterocycles. The second kappa shape index (κ2) is 17.4. The minimum atomic E-state index is -0.585. The molecule has 252 valence electrons. The van der Waals surface area contributed by atoms with Gasteiger partial charge < -0.3 is 34.1 Å². The van der Waals surface area contributed by atoms with Crippen LogP contribution in [0.25, 0.3) is 0 Å². The average Bonchev–Trinajstić information content (AvgIpc) is 3.00. The van der Waals surface area contributed by atoms with Crippen LogP contribution >= 0.6 is 0 Å². The smallest absolute Gasteiger partial charge is 0.409 e. The van der Waals surface area contributed by atoms with E-state index in [0.717, 1.165) is 30.4 Å². The van der Waals surface area contributed by atoms with Crippen LogP contribution in [-0.2, 0) is 36.8 Å². The molecule has 11 heteroatoms. The molecule has 2 aromatic rings. The highest BCUT2D eigenvalue weighted by Crippen LogP contribution is 2.49. The van der Waals surface area contributed by atoms with Crippen LogP contribution in [0.15, 0.2) is 60.7 Å². The average molecular weight is 640 g/mol. The third kappa shape index (κ3) is 13.0. The highest BCUT2D eigenvalue weighted by Gasteiger charge is 2.42. The van der Waals surface area contributed by atoms with Gasteiger partial charge in [0.05, 0.1) is 0 Å². The molecule has 1 fully saturated rings. The van der Waals surface area contributed by atoms with E-state index in [4.69, 9.17) is 18.9 Å². The number of esters is 1. The maximum absolute atomic E-state index is 12.6. The minimum Gasteiger partial charge on any atom is -0.462 e. The Labute approximate surface area is 272 Å². The molecule has 2 atom stereocenters. The molecule has 0 aliphatic heterocycles. The second-order valence-corrected chi connectivity index (χ2v) is 13.3. The van der Waals surface area contributed by atoms with Crippen molar-refractivity contribution in [3.8, 4) is 0 Å². The zero-order valence-corrected chi connectivity index (χ0v) is 27.8. The van der Waals surface area contributed by atoms with Gasteiger partial charge in [-0.25, -0.2) is 14.4 Å². The van der Waals surface area contributed by atoms with Crippen LogP contribution in [0.2, 0.25) is 0 Å². The molecule has 3 rings (SSSR count). The molecule has 1 N–H and O–H groups in total. The Kier molecular flexibility index (Phi) is 13.7. The largest absolute Gasteiger partial charge is 0.462 e. The number of hydrogen-bond donors (Lipinski definition) is 1. The topological polar surface area (TPSA) is 124 Å². The summed E-state index contributed by atoms with van der Waals surface area (Å²) < 4.78 is 21.1. The number of carbonyl (C=O) groups is 4. The van der Waals surface area contributed by atoms with E-state index in [1.165, 1.54) is 9.80 Å². The summed E-state index contributed by atoms with van der Waals surface area (Å²) in [7, 11) is 3.30. The number of amides is 3. The molecule has 0 aromatic heterocycles. The lowest BCUT2D eigenvalue weighted by atomic mass is 9.60. The van der Waals surface area contributed by atoms with E-state index < -0.39 is 18.3 Å². The van der Waals surface area contributed by atoms with Crippen molar-refractivity contribution in [2.75, 3.05) is 47.1 Å². The first-order chi connectivity index (χ1) is 21.8. The predicted molar refractivity (Wildman–Crippen MR) is 173 cm³/mol. The highest BCUT2D eigenvalue weighted by atomic mass is 16.6. The first kappa shape index (κ1) is 36.2. The van der Waals surface area contributed by atoms with Gasteiger partial charge in [-0.05, 0) is 47.1 Å². The Morgan fingerprint density at radius 2 is 1.20 bits per heavy atom. The minimum absolute atomic E-state index is 0.0108. The van der Waals surface area contributed by atoms with Crippen molar-refractivity contribution in [2.24, 2.45) is 16.7 Å². The Balaban J connectivity index is 1.32. The molecule has 2 aromatic carbocycles. The van der Waals surface area contributed by atoms with E-state index >= 15 is 0 Å². The van der Waals surface area contributed by atoms with Crippen LogP contribution < -0.4 is 5.32 Å². The van der Waals surface area contributed by atoms with Crippen LogP contribution in [0, 0.1) is 16.7 Å². The molecule has 2 unspecified atom stereocenters. The van der Waals surface area contributed by atoms with E-state index in [0.29, 0.717) is 19.6 Å². The third-order valence-corrected chi connectivity index (χ3v) is 7.91. The van der Waals surface area contributed by atoms with Crippen molar-refractivity contribution in [3.05, 3.63) is 71.8 Å². The van der Waals surface area contributed by atoms with Gasteiger partial charge in [0.25, 0.3) is 0 Å². The SMILES string of the molecule is CN(Cc1ccccc1)C(=O)OCCOC(=O)CC1CC(C)(C)CC(C)(CNC(=O)OCCOC(=O)N(C)Cc2ccccc2)C1. The van der Waals surface area contributed by atoms with Crippen molar-refractivity contribution in [1.29, 1.82) is 0 Å². The summed E-state index contributed by atoms with van der Waals surface area (Å²) in [5, 5.41) is 2.84. The summed E-state index contributed by atoms with van der Waals surface area (Å²) >= 11 is 0. The number of alkyl carbamates (subject to hydrolysis) is 1. The molecule has 1 aliphatic rings. The zero-order valence-electron chi connectivity index (χ0n) is 27.8. The summed E-state index contributed by atoms with van der Waals surface area (Å²) in [6.07, 6.45) is 1.13. The number of carbonyl (C=O) groups excluding carboxylic acids is 4. The normalized spacial score (nSPS) is 18.5. The lowest BCUT2D eigenvalue weighted by molar-refractivity contribution is -0.147. The molecular formula is C35H49N3O8. The number of ether oxygens (including phenoxy) is 4. The fraction of sp³-hybridized carbons (Fsp3) is 0.543. The number of hydrogen-bond acceptors (Lipinski definition) is 8. The highest BCUT2D eigenvalue weighted by molar-refractivity contribution is 5.70. The maximum Gasteiger partial charge on any atom is 0.409 e. The fourth-order valence-corrected chi connectivity index (χ4v) is 6.37. The number of benzene rings is 2. The summed E-state index contributed by atoms with van der Waals surface area (Å²) in [4.78, 5) is 52.4. The second-order valence-electron chi connectivity index (χ2n) is 13.3. The van der Waals surface area contributed by atoms with E-state index in [-0.39, 0.29) is 55.6 Å². The molecule has 0 bridgehead atoms. The molecule has 1 aliphatic carbocycles. The van der Waals surface area contributed by atoms with Gasteiger partial charge in [-0.3, -0.25) is 4.79 Å². The summed E-state index contributed by atoms with van der Waals surface area (Å²) in [5.41, 5.74) is 1.68. The molecule has 0 radical (unpaired) electrons. The Hall–Kier alpha value is -4.28. The number of nitrogens with one attached hydrogen (secondary N) is 1. The summed E-state index contributed by atoms with van der Waals surface area (Å²) in [5.74, 6) is -0.263. The van der Waals surface area contributed by atoms with Crippen molar-refractivity contribution in [1.82, 2.24) is 15.1 Å². The van der Waals surface area contributed by atoms with E-state index in [2.05, 4.69) is 26.1 Å². The molecule has 46 heavy (non-hydrogen) atoms. The van der Waals surface area contributed by atoms with E-state index in [9.17, 15) is 19.2 Å². The Morgan fingerprint density at radius 3 is 1.72 bits per heavy atom. The van der Waals surface area contributed by atoms with Gasteiger partial charge in [0.2, 0.25) is 0 Å². The van der Waals surface area contributed by atoms with E-state index in [1.807, 2.05) is 60.7 Å². The number of rotatable bonds is 14. The van der Waals surface area contributed by atoms with Gasteiger partial charge in [-0.2, -0.15) is 0 Å². The predicted octanol–water partition coefficient (Wildman–Crippen LogP) is 6.02. The Bertz CT molecular complexity index is 1270. The lowest BCUT2D eigenvalue weighted by Gasteiger charge is -2.46. The van der Waals surface area contributed by atoms with Crippen molar-refractivity contribution in [2.45, 2.75) is 59.5 Å². The van der Waals surface area contributed by atoms with Crippen molar-refractivity contribution in [3.63, 3.8) is 0 Å². The summed E-state index contributed by atoms with van der Waals surface area (Å²) in [6.45, 7) is 7.49. The monoisotopic (exact) mass is 639 g/mol. The van der Waals surface area contributed by atoms with Crippen LogP contribution in [0.4, 0.5) is 14.4 Å². The quantitative estimate of drug-likeness (QED) is 0.151. The van der Waals surface area contributed by atoms with Gasteiger partial charge in [-0.15, -0.1) is 0 Å². The molecule has 11 nitrogen and oxygen atoms in total. The molecular weight excluding hydrogens is 590 g/mol. The van der Waals surface area contributed by atoms with Gasteiger partial charge in [0.1, 0.15) is 26.4 Å². The first-order valence-electron chi connectivity index (χ1n) is 15.7. The third-order valence-electron chi connectivity index (χ3n) is 7.91. The van der Waals surface area contributed by atoms with Gasteiger partial charge >= 0.3 is 24.2 Å². The van der Waals surface area contributed by atoms with Crippen LogP contribution in [0.3, 0.4) is 0 Å². The van der Waals surface area contributed by atoms with Crippen molar-refractivity contribution >= 4 is 24.2 Å². The fourth-order valence-electron chi connectivity index (χ4n) is 6.37. The van der Waals surface area contributed by atoms with Crippen molar-refractivity contribution < 1.29 is 38.1 Å². The van der Waals surface area contributed by atoms with E-state index in [1.54, 1.807) is 14.1 Å². The van der Waals surface area contributed by atoms with Gasteiger partial charge in [-0.1, -0.05) is 81.4 Å². The van der Waals surface area contributed by atoms with Crippen LogP contribution in [0.5, 0.6) is 0 Å². The van der Waals surface area contributed by atoms with Crippen LogP contribution in [-0.4, -0.2) is 81.1 Å². The maximum atomic E-state index is 12.6. The number of nitrogens with zero attached hydrogens (tertiary/aromatic N) is 2. The first-order valence-corrected chi connectivity index (χ1v) is 15.7.